The second-order valence-electron chi connectivity index (χ2n) is 7.32. The van der Waals surface area contributed by atoms with Gasteiger partial charge in [0.2, 0.25) is 5.90 Å². The molecule has 0 saturated carbocycles. The Morgan fingerprint density at radius 2 is 1.55 bits per heavy atom. The summed E-state index contributed by atoms with van der Waals surface area (Å²) in [5.41, 5.74) is 1.92. The molecule has 0 aromatic heterocycles. The second kappa shape index (κ2) is 7.16. The molecule has 7 heteroatoms. The number of rotatable bonds is 3. The van der Waals surface area contributed by atoms with Crippen molar-refractivity contribution in [3.05, 3.63) is 70.8 Å². The predicted octanol–water partition coefficient (Wildman–Crippen LogP) is 3.30. The van der Waals surface area contributed by atoms with Gasteiger partial charge in [-0.15, -0.1) is 5.10 Å². The Morgan fingerprint density at radius 1 is 1.00 bits per heavy atom. The molecule has 0 bridgehead atoms. The first-order chi connectivity index (χ1) is 13.9. The van der Waals surface area contributed by atoms with Crippen LogP contribution < -0.4 is 0 Å². The van der Waals surface area contributed by atoms with Crippen molar-refractivity contribution in [2.24, 2.45) is 11.0 Å². The highest BCUT2D eigenvalue weighted by Crippen LogP contribution is 2.37. The standard InChI is InChI=1S/C22H20N2O5/c1-12(2)18-19(28-13(3)25)14-8-4-5-9-15(14)20(29-18)23-24-21(26)16-10-6-7-11-17(16)22(24)27/h4-12,18-19H,1-3H3/b23-20-/t18-,19-/m1/s1. The van der Waals surface area contributed by atoms with Crippen LogP contribution >= 0.6 is 0 Å². The molecule has 2 amide bonds. The minimum absolute atomic E-state index is 0.0138. The molecular formula is C22H20N2O5. The normalized spacial score (nSPS) is 21.8. The topological polar surface area (TPSA) is 85.3 Å². The van der Waals surface area contributed by atoms with Crippen LogP contribution in [0, 0.1) is 5.92 Å². The molecule has 2 heterocycles. The first-order valence-electron chi connectivity index (χ1n) is 9.38. The highest BCUT2D eigenvalue weighted by Gasteiger charge is 2.41. The van der Waals surface area contributed by atoms with E-state index in [0.717, 1.165) is 10.6 Å². The minimum atomic E-state index is -0.607. The number of amides is 2. The molecule has 0 radical (unpaired) electrons. The van der Waals surface area contributed by atoms with Gasteiger partial charge in [-0.2, -0.15) is 5.01 Å². The van der Waals surface area contributed by atoms with E-state index in [1.165, 1.54) is 6.92 Å². The number of fused-ring (bicyclic) bond motifs is 2. The number of hydrazone groups is 1. The number of hydrogen-bond acceptors (Lipinski definition) is 6. The van der Waals surface area contributed by atoms with Crippen molar-refractivity contribution in [1.82, 2.24) is 5.01 Å². The summed E-state index contributed by atoms with van der Waals surface area (Å²) in [5, 5.41) is 5.12. The summed E-state index contributed by atoms with van der Waals surface area (Å²) in [6, 6.07) is 13.8. The summed E-state index contributed by atoms with van der Waals surface area (Å²) in [5.74, 6) is -1.28. The van der Waals surface area contributed by atoms with E-state index < -0.39 is 30.0 Å². The number of carbonyl (C=O) groups excluding carboxylic acids is 3. The highest BCUT2D eigenvalue weighted by molar-refractivity contribution is 6.21. The lowest BCUT2D eigenvalue weighted by atomic mass is 9.90. The number of esters is 1. The van der Waals surface area contributed by atoms with E-state index in [9.17, 15) is 14.4 Å². The van der Waals surface area contributed by atoms with E-state index in [-0.39, 0.29) is 11.8 Å². The first kappa shape index (κ1) is 18.9. The van der Waals surface area contributed by atoms with Crippen LogP contribution in [0.2, 0.25) is 0 Å². The monoisotopic (exact) mass is 392 g/mol. The number of hydrogen-bond donors (Lipinski definition) is 0. The van der Waals surface area contributed by atoms with Gasteiger partial charge < -0.3 is 9.47 Å². The van der Waals surface area contributed by atoms with Crippen LogP contribution in [0.25, 0.3) is 0 Å². The Kier molecular flexibility index (Phi) is 4.66. The van der Waals surface area contributed by atoms with E-state index >= 15 is 0 Å². The van der Waals surface area contributed by atoms with E-state index in [1.807, 2.05) is 26.0 Å². The number of nitrogens with zero attached hydrogens (tertiary/aromatic N) is 2. The molecular weight excluding hydrogens is 372 g/mol. The smallest absolute Gasteiger partial charge is 0.303 e. The summed E-state index contributed by atoms with van der Waals surface area (Å²) in [6.45, 7) is 5.23. The van der Waals surface area contributed by atoms with Crippen LogP contribution in [0.1, 0.15) is 58.7 Å². The number of ether oxygens (including phenoxy) is 2. The molecule has 4 rings (SSSR count). The van der Waals surface area contributed by atoms with Crippen LogP contribution in [0.5, 0.6) is 0 Å². The van der Waals surface area contributed by atoms with Crippen LogP contribution in [-0.2, 0) is 14.3 Å². The van der Waals surface area contributed by atoms with Crippen LogP contribution in [0.15, 0.2) is 53.6 Å². The van der Waals surface area contributed by atoms with E-state index in [0.29, 0.717) is 16.7 Å². The van der Waals surface area contributed by atoms with Crippen molar-refractivity contribution in [3.8, 4) is 0 Å². The van der Waals surface area contributed by atoms with Gasteiger partial charge in [-0.1, -0.05) is 44.2 Å². The van der Waals surface area contributed by atoms with Gasteiger partial charge in [0.1, 0.15) is 6.10 Å². The van der Waals surface area contributed by atoms with E-state index in [4.69, 9.17) is 9.47 Å². The van der Waals surface area contributed by atoms with Gasteiger partial charge in [-0.25, -0.2) is 0 Å². The van der Waals surface area contributed by atoms with Crippen LogP contribution in [0.4, 0.5) is 0 Å². The molecule has 0 fully saturated rings. The van der Waals surface area contributed by atoms with Crippen molar-refractivity contribution >= 4 is 23.7 Å². The molecule has 0 spiro atoms. The average Bonchev–Trinajstić information content (AvgIpc) is 2.94. The fraction of sp³-hybridized carbons (Fsp3) is 0.273. The largest absolute Gasteiger partial charge is 0.468 e. The van der Waals surface area contributed by atoms with Crippen molar-refractivity contribution in [1.29, 1.82) is 0 Å². The molecule has 0 aliphatic carbocycles. The second-order valence-corrected chi connectivity index (χ2v) is 7.32. The van der Waals surface area contributed by atoms with Gasteiger partial charge in [0.15, 0.2) is 6.10 Å². The fourth-order valence-corrected chi connectivity index (χ4v) is 3.60. The summed E-state index contributed by atoms with van der Waals surface area (Å²) in [4.78, 5) is 37.0. The maximum atomic E-state index is 12.7. The quantitative estimate of drug-likeness (QED) is 0.591. The Labute approximate surface area is 167 Å². The Hall–Kier alpha value is -3.48. The summed E-state index contributed by atoms with van der Waals surface area (Å²) < 4.78 is 11.6. The maximum Gasteiger partial charge on any atom is 0.303 e. The SMILES string of the molecule is CC(=O)O[C@@H]1c2ccccc2/C(=N/N2C(=O)c3ccccc3C2=O)O[C@@H]1C(C)C. The Bertz CT molecular complexity index is 1010. The lowest BCUT2D eigenvalue weighted by Gasteiger charge is -2.36. The average molecular weight is 392 g/mol. The number of imide groups is 1. The third kappa shape index (κ3) is 3.18. The maximum absolute atomic E-state index is 12.7. The highest BCUT2D eigenvalue weighted by atomic mass is 16.6. The molecule has 0 unspecified atom stereocenters. The molecule has 0 saturated heterocycles. The zero-order chi connectivity index (χ0) is 20.7. The zero-order valence-electron chi connectivity index (χ0n) is 16.3. The van der Waals surface area contributed by atoms with Crippen molar-refractivity contribution < 1.29 is 23.9 Å². The molecule has 2 aliphatic heterocycles. The van der Waals surface area contributed by atoms with Gasteiger partial charge in [0.25, 0.3) is 11.8 Å². The van der Waals surface area contributed by atoms with E-state index in [1.54, 1.807) is 36.4 Å². The number of benzene rings is 2. The summed E-state index contributed by atoms with van der Waals surface area (Å²) in [7, 11) is 0. The number of carbonyl (C=O) groups is 3. The van der Waals surface area contributed by atoms with Gasteiger partial charge in [0.05, 0.1) is 11.1 Å². The molecule has 29 heavy (non-hydrogen) atoms. The van der Waals surface area contributed by atoms with Crippen molar-refractivity contribution in [2.45, 2.75) is 33.0 Å². The first-order valence-corrected chi connectivity index (χ1v) is 9.38. The Balaban J connectivity index is 1.79. The summed E-state index contributed by atoms with van der Waals surface area (Å²) >= 11 is 0. The zero-order valence-corrected chi connectivity index (χ0v) is 16.3. The third-order valence-electron chi connectivity index (χ3n) is 4.96. The molecule has 148 valence electrons. The van der Waals surface area contributed by atoms with Gasteiger partial charge in [-0.3, -0.25) is 14.4 Å². The lowest BCUT2D eigenvalue weighted by Crippen LogP contribution is -2.39. The summed E-state index contributed by atoms with van der Waals surface area (Å²) in [6.07, 6.45) is -1.12. The van der Waals surface area contributed by atoms with Gasteiger partial charge >= 0.3 is 5.97 Å². The van der Waals surface area contributed by atoms with Crippen molar-refractivity contribution in [3.63, 3.8) is 0 Å². The Morgan fingerprint density at radius 3 is 2.10 bits per heavy atom. The van der Waals surface area contributed by atoms with Crippen molar-refractivity contribution in [2.75, 3.05) is 0 Å². The fourth-order valence-electron chi connectivity index (χ4n) is 3.60. The van der Waals surface area contributed by atoms with E-state index in [2.05, 4.69) is 5.10 Å². The van der Waals surface area contributed by atoms with Gasteiger partial charge in [0, 0.05) is 18.1 Å². The molecule has 2 aromatic rings. The minimum Gasteiger partial charge on any atom is -0.468 e. The van der Waals surface area contributed by atoms with Crippen LogP contribution in [0.3, 0.4) is 0 Å². The molecule has 2 atom stereocenters. The molecule has 0 N–H and O–H groups in total. The third-order valence-corrected chi connectivity index (χ3v) is 4.96. The van der Waals surface area contributed by atoms with Crippen LogP contribution in [-0.4, -0.2) is 34.8 Å². The predicted molar refractivity (Wildman–Crippen MR) is 104 cm³/mol. The molecule has 2 aliphatic rings. The molecule has 7 nitrogen and oxygen atoms in total. The molecule has 2 aromatic carbocycles. The lowest BCUT2D eigenvalue weighted by molar-refractivity contribution is -0.154. The van der Waals surface area contributed by atoms with Gasteiger partial charge in [-0.05, 0) is 24.1 Å².